The van der Waals surface area contributed by atoms with Gasteiger partial charge in [-0.15, -0.1) is 0 Å². The highest BCUT2D eigenvalue weighted by Gasteiger charge is 2.55. The Morgan fingerprint density at radius 1 is 0.209 bits per heavy atom. The summed E-state index contributed by atoms with van der Waals surface area (Å²) >= 11 is 0. The van der Waals surface area contributed by atoms with Crippen molar-refractivity contribution >= 4 is 276 Å². The largest absolute Gasteiger partial charge is 0.359 e. The molecule has 0 unspecified atom stereocenters. The number of fused-ring (bicyclic) bond motifs is 10. The predicted octanol–water partition coefficient (Wildman–Crippen LogP) is -8.84. The van der Waals surface area contributed by atoms with Crippen molar-refractivity contribution in [2.45, 2.75) is 0 Å². The van der Waals surface area contributed by atoms with Crippen LogP contribution in [0.3, 0.4) is 0 Å². The van der Waals surface area contributed by atoms with Crippen LogP contribution in [0.4, 0.5) is 43.2 Å². The summed E-state index contributed by atoms with van der Waals surface area (Å²) in [6.07, 6.45) is 0. The minimum Gasteiger partial charge on any atom is -0.329 e. The van der Waals surface area contributed by atoms with Crippen LogP contribution in [0.1, 0.15) is 5.82 Å². The van der Waals surface area contributed by atoms with Gasteiger partial charge in [-0.25, -0.2) is 103 Å². The fraction of sp³-hybridized carbons (Fsp3) is 0. The SMILES string of the molecule is O=C1N=C2N=C(N3C(=O)N=C4N=C(N5C(=O)N=C6N=C(N7C(=O)N=C8N=C(N9C(=O)N=C%10N=C(N%11C(=O)N=C%12N=C(N%13C(=O)N=C%14N=C(N%15C(=O)N=C%16N=C(N%17C(=O)N=C%18N=C(c%19nc%20[nH]c(=O)[nH]c(=O)c%20[nH]%19)N=C%18C%17=O)N=C%16C%15=O)N=C%14C%13=O)N=C%12C%11=O)N=C%10C9=O)N=C8C7=O)N=C6C5=O)N=C4C3=O)N=C2C(=O)N1. The van der Waals surface area contributed by atoms with Gasteiger partial charge in [0.05, 0.1) is 0 Å². The van der Waals surface area contributed by atoms with Crippen LogP contribution in [0.5, 0.6) is 0 Å². The predicted molar refractivity (Wildman–Crippen MR) is 349 cm³/mol. The number of nitrogens with zero attached hydrogens (tertiary/aromatic N) is 36. The molecule has 0 aromatic carbocycles. The summed E-state index contributed by atoms with van der Waals surface area (Å²) in [5, 5.41) is 1.83. The van der Waals surface area contributed by atoms with E-state index in [0.29, 0.717) is 0 Å². The minimum atomic E-state index is -1.56. The van der Waals surface area contributed by atoms with Gasteiger partial charge in [0.25, 0.3) is 58.7 Å². The van der Waals surface area contributed by atoms with Crippen molar-refractivity contribution in [2.75, 3.05) is 0 Å². The molecular formula is C50H4N40O20. The number of carbonyl (C=O) groups excluding carboxylic acids is 18. The molecule has 0 spiro atoms. The molecule has 0 radical (unpaired) electrons. The number of carbonyl (C=O) groups is 18. The molecule has 60 heteroatoms. The molecule has 0 fully saturated rings. The van der Waals surface area contributed by atoms with Gasteiger partial charge < -0.3 is 4.98 Å². The van der Waals surface area contributed by atoms with Gasteiger partial charge in [-0.05, 0) is 0 Å². The van der Waals surface area contributed by atoms with Gasteiger partial charge in [0.1, 0.15) is 5.52 Å². The summed E-state index contributed by atoms with van der Waals surface area (Å²) in [6.45, 7) is 0. The first-order valence-electron chi connectivity index (χ1n) is 29.2. The van der Waals surface area contributed by atoms with Crippen LogP contribution in [0.2, 0.25) is 0 Å². The quantitative estimate of drug-likeness (QED) is 0.206. The average Bonchev–Trinajstić information content (AvgIpc) is 1.59. The van der Waals surface area contributed by atoms with E-state index >= 15 is 0 Å². The van der Waals surface area contributed by atoms with Crippen molar-refractivity contribution < 1.29 is 86.3 Å². The first kappa shape index (κ1) is 61.4. The molecule has 20 rings (SSSR count). The average molecular weight is 1480 g/mol. The van der Waals surface area contributed by atoms with Gasteiger partial charge in [-0.1, -0.05) is 0 Å². The Balaban J connectivity index is 0.493. The maximum absolute atomic E-state index is 14.1. The van der Waals surface area contributed by atoms with Crippen molar-refractivity contribution in [3.05, 3.63) is 26.7 Å². The molecule has 524 valence electrons. The third-order valence-electron chi connectivity index (χ3n) is 15.9. The van der Waals surface area contributed by atoms with E-state index in [1.165, 1.54) is 0 Å². The molecule has 110 heavy (non-hydrogen) atoms. The summed E-state index contributed by atoms with van der Waals surface area (Å²) in [7, 11) is 0. The Hall–Kier alpha value is -18.5. The Morgan fingerprint density at radius 2 is 0.445 bits per heavy atom. The number of urea groups is 9. The van der Waals surface area contributed by atoms with E-state index in [-0.39, 0.29) is 62.0 Å². The highest BCUT2D eigenvalue weighted by atomic mass is 16.2. The van der Waals surface area contributed by atoms with E-state index in [1.54, 1.807) is 0 Å². The lowest BCUT2D eigenvalue weighted by Gasteiger charge is -2.19. The maximum atomic E-state index is 14.1. The van der Waals surface area contributed by atoms with Crippen LogP contribution < -0.4 is 16.6 Å². The van der Waals surface area contributed by atoms with Crippen molar-refractivity contribution in [3.63, 3.8) is 0 Å². The van der Waals surface area contributed by atoms with E-state index in [9.17, 15) is 95.9 Å². The van der Waals surface area contributed by atoms with Crippen LogP contribution in [-0.4, -0.2) is 324 Å². The smallest absolute Gasteiger partial charge is 0.329 e. The number of hydrogen-bond acceptors (Lipinski definition) is 39. The Morgan fingerprint density at radius 3 is 0.718 bits per heavy atom. The number of amides is 27. The molecule has 20 heterocycles. The zero-order valence-corrected chi connectivity index (χ0v) is 51.3. The standard InChI is InChI=1S/C50H4N40O20/c91-23-1-11(71-41(101)81-23)61-21(51-1)22-52-3-13(62-22)73-43(103)83(25(3)93)34-54-5-15(64-34)75-45(105)85(27(5)95)36-56-7-17(66-36)77-47(107)87(29(7)97)38-58-9-19(68-38)79-49(109)89(31(9)99)40-60-10-20(70-40)80-50(110)90(32(10)100)39-59-8-18(69-39)78-48(108)88(30(8)98)37-57-6-16(67-37)76-46(106)86(28(6)96)35-55-4-14(65-35)74-44(104)84(26(4)94)33-53-2-12(63-33)72-42(102)82-24(2)92/h(H,82,92,102)(H3,51,61,71,81,91,101). The molecule has 0 atom stereocenters. The summed E-state index contributed by atoms with van der Waals surface area (Å²) in [5.74, 6) is -27.2. The van der Waals surface area contributed by atoms with Crippen LogP contribution >= 0.6 is 0 Å². The molecule has 0 saturated heterocycles. The number of amidine groups is 10. The van der Waals surface area contributed by atoms with E-state index in [0.717, 1.165) is 0 Å². The second kappa shape index (κ2) is 20.6. The van der Waals surface area contributed by atoms with Crippen LogP contribution in [0.25, 0.3) is 11.2 Å². The second-order valence-corrected chi connectivity index (χ2v) is 22.2. The lowest BCUT2D eigenvalue weighted by Crippen LogP contribution is -2.49. The molecule has 0 saturated carbocycles. The molecule has 27 amide bonds. The summed E-state index contributed by atoms with van der Waals surface area (Å²) in [4.78, 5) is 381. The maximum Gasteiger partial charge on any atom is 0.359 e. The molecule has 18 aliphatic rings. The molecule has 0 bridgehead atoms. The number of H-pyrrole nitrogens is 3. The van der Waals surface area contributed by atoms with Crippen LogP contribution in [0, 0.1) is 0 Å². The lowest BCUT2D eigenvalue weighted by molar-refractivity contribution is -0.119. The molecule has 18 aliphatic heterocycles. The monoisotopic (exact) mass is 1480 g/mol. The molecule has 4 N–H and O–H groups in total. The van der Waals surface area contributed by atoms with Crippen LogP contribution in [0.15, 0.2) is 144 Å². The van der Waals surface area contributed by atoms with Crippen molar-refractivity contribution in [1.82, 2.24) is 64.5 Å². The normalized spacial score (nSPS) is 22.9. The van der Waals surface area contributed by atoms with E-state index < -0.39 is 270 Å². The Labute approximate surface area is 586 Å². The number of imidazole rings is 1. The zero-order chi connectivity index (χ0) is 76.1. The molecule has 60 nitrogen and oxygen atoms in total. The first-order chi connectivity index (χ1) is 52.7. The summed E-state index contributed by atoms with van der Waals surface area (Å²) < 4.78 is 0. The molecule has 2 aromatic rings. The van der Waals surface area contributed by atoms with Gasteiger partial charge >= 0.3 is 60.0 Å². The lowest BCUT2D eigenvalue weighted by atomic mass is 10.2. The van der Waals surface area contributed by atoms with Crippen molar-refractivity contribution in [1.29, 1.82) is 0 Å². The molecule has 2 aromatic heterocycles. The highest BCUT2D eigenvalue weighted by Crippen LogP contribution is 2.29. The van der Waals surface area contributed by atoms with Gasteiger partial charge in [-0.2, -0.15) is 124 Å². The van der Waals surface area contributed by atoms with Gasteiger partial charge in [0, 0.05) is 0 Å². The van der Waals surface area contributed by atoms with Gasteiger partial charge in [0.2, 0.25) is 47.7 Å². The third-order valence-corrected chi connectivity index (χ3v) is 15.9. The first-order valence-corrected chi connectivity index (χ1v) is 29.2. The third kappa shape index (κ3) is 8.36. The van der Waals surface area contributed by atoms with Gasteiger partial charge in [0.15, 0.2) is 121 Å². The minimum absolute atomic E-state index is 0.0896. The van der Waals surface area contributed by atoms with Crippen LogP contribution in [-0.2, 0) is 43.2 Å². The fourth-order valence-corrected chi connectivity index (χ4v) is 11.2. The number of guanidine groups is 8. The highest BCUT2D eigenvalue weighted by molar-refractivity contribution is 6.82. The van der Waals surface area contributed by atoms with E-state index in [4.69, 9.17) is 0 Å². The number of hydrogen-bond donors (Lipinski definition) is 4. The van der Waals surface area contributed by atoms with Crippen molar-refractivity contribution in [2.24, 2.45) is 135 Å². The van der Waals surface area contributed by atoms with Crippen molar-refractivity contribution in [3.8, 4) is 0 Å². The number of aliphatic imine (C=N–C) groups is 27. The molecular weight excluding hydrogens is 1480 g/mol. The van der Waals surface area contributed by atoms with E-state index in [2.05, 4.69) is 150 Å². The van der Waals surface area contributed by atoms with Gasteiger partial charge in [-0.3, -0.25) is 63.2 Å². The summed E-state index contributed by atoms with van der Waals surface area (Å²) in [5.41, 5.74) is -9.29. The number of aromatic nitrogens is 4. The fourth-order valence-electron chi connectivity index (χ4n) is 11.2. The summed E-state index contributed by atoms with van der Waals surface area (Å²) in [6, 6.07) is -13.1. The molecule has 0 aliphatic carbocycles. The Kier molecular flexibility index (Phi) is 11.5. The number of rotatable bonds is 1. The zero-order valence-electron chi connectivity index (χ0n) is 51.3. The Bertz CT molecular complexity index is 6780. The van der Waals surface area contributed by atoms with E-state index in [1.807, 2.05) is 10.3 Å². The number of imide groups is 9. The second-order valence-electron chi connectivity index (χ2n) is 22.2. The number of aromatic amines is 3. The topological polar surface area (TPSA) is 773 Å². The number of nitrogens with one attached hydrogen (secondary N) is 4.